The summed E-state index contributed by atoms with van der Waals surface area (Å²) in [6, 6.07) is 17.7. The minimum atomic E-state index is -3.52. The molecule has 0 bridgehead atoms. The quantitative estimate of drug-likeness (QED) is 0.679. The van der Waals surface area contributed by atoms with Crippen molar-refractivity contribution >= 4 is 24.6 Å². The van der Waals surface area contributed by atoms with Gasteiger partial charge in [0.15, 0.2) is 0 Å². The molecule has 3 rings (SSSR count). The molecule has 0 unspecified atom stereocenters. The summed E-state index contributed by atoms with van der Waals surface area (Å²) in [5.74, 6) is 0. The maximum atomic E-state index is 12.7. The van der Waals surface area contributed by atoms with Crippen molar-refractivity contribution in [3.05, 3.63) is 60.7 Å². The molecule has 0 saturated heterocycles. The van der Waals surface area contributed by atoms with Gasteiger partial charge in [0.1, 0.15) is 0 Å². The first-order valence-electron chi connectivity index (χ1n) is 5.87. The van der Waals surface area contributed by atoms with E-state index in [0.29, 0.717) is 9.46 Å². The molecule has 0 saturated carbocycles. The number of nitrogens with zero attached hydrogens (tertiary/aromatic N) is 2. The number of hydrogen-bond donors (Lipinski definition) is 0. The van der Waals surface area contributed by atoms with Crippen molar-refractivity contribution in [1.82, 2.24) is 9.19 Å². The monoisotopic (exact) mass is 350 g/mol. The predicted octanol–water partition coefficient (Wildman–Crippen LogP) is 2.03. The van der Waals surface area contributed by atoms with Crippen molar-refractivity contribution in [3.63, 3.8) is 0 Å². The molecular formula is C14H10N2O2SSe. The van der Waals surface area contributed by atoms with Crippen LogP contribution < -0.4 is 0 Å². The molecule has 0 N–H and O–H groups in total. The molecule has 0 aliphatic rings. The topological polar surface area (TPSA) is 59.9 Å². The molecule has 0 aliphatic carbocycles. The normalized spacial score (nSPS) is 11.4. The van der Waals surface area contributed by atoms with E-state index >= 15 is 0 Å². The van der Waals surface area contributed by atoms with E-state index in [4.69, 9.17) is 0 Å². The summed E-state index contributed by atoms with van der Waals surface area (Å²) in [5.41, 5.74) is 1.25. The Balaban J connectivity index is 2.16. The van der Waals surface area contributed by atoms with E-state index < -0.39 is 24.6 Å². The molecule has 0 spiro atoms. The van der Waals surface area contributed by atoms with Gasteiger partial charge in [0.2, 0.25) is 0 Å². The van der Waals surface area contributed by atoms with Gasteiger partial charge in [0.05, 0.1) is 0 Å². The van der Waals surface area contributed by atoms with Crippen molar-refractivity contribution in [3.8, 4) is 11.3 Å². The molecule has 0 atom stereocenters. The second kappa shape index (κ2) is 5.32. The van der Waals surface area contributed by atoms with Crippen LogP contribution in [0.5, 0.6) is 0 Å². The standard InChI is InChI=1S/C14H10N2O2SSe/c17-19(18,12-9-5-2-6-10-12)14-13(15-16-20-14)11-7-3-1-4-8-11/h1-10H. The molecule has 1 aromatic heterocycles. The SMILES string of the molecule is O=S(=O)(c1ccccc1)c1[se]nnc1-c1ccccc1. The van der Waals surface area contributed by atoms with Crippen LogP contribution in [0, 0.1) is 0 Å². The van der Waals surface area contributed by atoms with Crippen LogP contribution in [0.2, 0.25) is 0 Å². The molecule has 1 heterocycles. The molecule has 0 amide bonds. The van der Waals surface area contributed by atoms with E-state index in [1.54, 1.807) is 30.3 Å². The fraction of sp³-hybridized carbons (Fsp3) is 0. The fourth-order valence-electron chi connectivity index (χ4n) is 1.84. The Hall–Kier alpha value is -1.75. The van der Waals surface area contributed by atoms with E-state index in [9.17, 15) is 8.42 Å². The van der Waals surface area contributed by atoms with E-state index in [2.05, 4.69) is 9.19 Å². The molecule has 0 aliphatic heterocycles. The predicted molar refractivity (Wildman–Crippen MR) is 76.3 cm³/mol. The summed E-state index contributed by atoms with van der Waals surface area (Å²) in [6.07, 6.45) is 0. The van der Waals surface area contributed by atoms with Gasteiger partial charge in [-0.25, -0.2) is 0 Å². The van der Waals surface area contributed by atoms with E-state index in [0.717, 1.165) is 5.56 Å². The van der Waals surface area contributed by atoms with Gasteiger partial charge in [0, 0.05) is 0 Å². The zero-order valence-electron chi connectivity index (χ0n) is 10.3. The number of aromatic nitrogens is 2. The van der Waals surface area contributed by atoms with Crippen LogP contribution in [0.1, 0.15) is 0 Å². The van der Waals surface area contributed by atoms with Crippen molar-refractivity contribution in [2.24, 2.45) is 0 Å². The Bertz CT molecular complexity index is 815. The molecule has 100 valence electrons. The van der Waals surface area contributed by atoms with Gasteiger partial charge < -0.3 is 0 Å². The number of hydrogen-bond acceptors (Lipinski definition) is 4. The minimum absolute atomic E-state index is 0.289. The van der Waals surface area contributed by atoms with Gasteiger partial charge in [-0.15, -0.1) is 0 Å². The zero-order chi connectivity index (χ0) is 14.0. The van der Waals surface area contributed by atoms with Gasteiger partial charge in [-0.2, -0.15) is 0 Å². The second-order valence-corrected chi connectivity index (χ2v) is 8.14. The average molecular weight is 349 g/mol. The van der Waals surface area contributed by atoms with Crippen molar-refractivity contribution in [2.75, 3.05) is 0 Å². The molecule has 0 radical (unpaired) electrons. The molecular weight excluding hydrogens is 339 g/mol. The summed E-state index contributed by atoms with van der Waals surface area (Å²) in [7, 11) is -3.52. The number of rotatable bonds is 3. The van der Waals surface area contributed by atoms with Gasteiger partial charge in [-0.3, -0.25) is 0 Å². The first-order chi connectivity index (χ1) is 9.69. The first-order valence-corrected chi connectivity index (χ1v) is 8.98. The maximum absolute atomic E-state index is 12.7. The molecule has 6 heteroatoms. The Morgan fingerprint density at radius 3 is 2.10 bits per heavy atom. The summed E-state index contributed by atoms with van der Waals surface area (Å²) in [4.78, 5) is 0.289. The Morgan fingerprint density at radius 1 is 0.850 bits per heavy atom. The Labute approximate surface area is 123 Å². The molecule has 4 nitrogen and oxygen atoms in total. The van der Waals surface area contributed by atoms with Crippen LogP contribution in [0.3, 0.4) is 0 Å². The first kappa shape index (κ1) is 13.2. The average Bonchev–Trinajstić information content (AvgIpc) is 2.99. The summed E-state index contributed by atoms with van der Waals surface area (Å²) < 4.78 is 29.6. The third-order valence-corrected chi connectivity index (χ3v) is 7.24. The van der Waals surface area contributed by atoms with Crippen LogP contribution >= 0.6 is 0 Å². The van der Waals surface area contributed by atoms with E-state index in [-0.39, 0.29) is 4.90 Å². The van der Waals surface area contributed by atoms with Gasteiger partial charge in [-0.1, -0.05) is 0 Å². The second-order valence-electron chi connectivity index (χ2n) is 4.09. The third kappa shape index (κ3) is 2.33. The van der Waals surface area contributed by atoms with Gasteiger partial charge in [0.25, 0.3) is 0 Å². The van der Waals surface area contributed by atoms with Crippen molar-refractivity contribution in [2.45, 2.75) is 8.66 Å². The van der Waals surface area contributed by atoms with Crippen LogP contribution in [-0.4, -0.2) is 32.3 Å². The van der Waals surface area contributed by atoms with Crippen molar-refractivity contribution < 1.29 is 8.42 Å². The summed E-state index contributed by atoms with van der Waals surface area (Å²) in [6.45, 7) is 0. The Morgan fingerprint density at radius 2 is 1.45 bits per heavy atom. The molecule has 3 aromatic rings. The van der Waals surface area contributed by atoms with Crippen LogP contribution in [-0.2, 0) is 9.84 Å². The molecule has 20 heavy (non-hydrogen) atoms. The summed E-state index contributed by atoms with van der Waals surface area (Å²) >= 11 is -0.500. The van der Waals surface area contributed by atoms with Crippen LogP contribution in [0.4, 0.5) is 0 Å². The van der Waals surface area contributed by atoms with Crippen molar-refractivity contribution in [1.29, 1.82) is 0 Å². The Kier molecular flexibility index (Phi) is 3.53. The molecule has 2 aromatic carbocycles. The summed E-state index contributed by atoms with van der Waals surface area (Å²) in [5, 5.41) is 4.03. The van der Waals surface area contributed by atoms with Crippen LogP contribution in [0.25, 0.3) is 11.3 Å². The zero-order valence-corrected chi connectivity index (χ0v) is 12.8. The third-order valence-electron chi connectivity index (χ3n) is 2.80. The van der Waals surface area contributed by atoms with Gasteiger partial charge in [-0.05, 0) is 0 Å². The van der Waals surface area contributed by atoms with Gasteiger partial charge >= 0.3 is 123 Å². The number of benzene rings is 2. The number of sulfone groups is 1. The fourth-order valence-corrected chi connectivity index (χ4v) is 5.40. The molecule has 0 fully saturated rings. The van der Waals surface area contributed by atoms with E-state index in [1.807, 2.05) is 30.3 Å². The van der Waals surface area contributed by atoms with E-state index in [1.165, 1.54) is 0 Å². The van der Waals surface area contributed by atoms with Crippen LogP contribution in [0.15, 0.2) is 69.3 Å².